The van der Waals surface area contributed by atoms with E-state index >= 15 is 0 Å². The van der Waals surface area contributed by atoms with Gasteiger partial charge in [-0.2, -0.15) is 5.26 Å². The van der Waals surface area contributed by atoms with Gasteiger partial charge in [0.1, 0.15) is 17.4 Å². The van der Waals surface area contributed by atoms with Crippen LogP contribution < -0.4 is 20.7 Å². The second-order valence-electron chi connectivity index (χ2n) is 5.79. The van der Waals surface area contributed by atoms with E-state index < -0.39 is 5.91 Å². The highest BCUT2D eigenvalue weighted by Gasteiger charge is 2.17. The van der Waals surface area contributed by atoms with E-state index in [0.717, 1.165) is 5.56 Å². The lowest BCUT2D eigenvalue weighted by molar-refractivity contribution is -0.116. The van der Waals surface area contributed by atoms with Gasteiger partial charge >= 0.3 is 0 Å². The fourth-order valence-corrected chi connectivity index (χ4v) is 2.36. The molecule has 0 saturated heterocycles. The summed E-state index contributed by atoms with van der Waals surface area (Å²) in [5.41, 5.74) is 7.81. The monoisotopic (exact) mass is 364 g/mol. The molecule has 138 valence electrons. The van der Waals surface area contributed by atoms with Crippen LogP contribution in [0.2, 0.25) is 0 Å². The topological polar surface area (TPSA) is 108 Å². The largest absolute Gasteiger partial charge is 0.495 e. The molecule has 2 aromatic rings. The van der Waals surface area contributed by atoms with E-state index in [1.807, 2.05) is 19.1 Å². The molecule has 0 aliphatic heterocycles. The Hall–Kier alpha value is -3.79. The van der Waals surface area contributed by atoms with Gasteiger partial charge in [0.15, 0.2) is 0 Å². The summed E-state index contributed by atoms with van der Waals surface area (Å²) in [5.74, 6) is -0.537. The number of anilines is 3. The summed E-state index contributed by atoms with van der Waals surface area (Å²) < 4.78 is 5.22. The van der Waals surface area contributed by atoms with Gasteiger partial charge in [-0.1, -0.05) is 6.07 Å². The number of methoxy groups -OCH3 is 1. The van der Waals surface area contributed by atoms with E-state index in [9.17, 15) is 14.9 Å². The molecule has 0 bridgehead atoms. The maximum Gasteiger partial charge on any atom is 0.267 e. The molecule has 2 amide bonds. The number of hydrogen-bond acceptors (Lipinski definition) is 5. The Bertz CT molecular complexity index is 927. The van der Waals surface area contributed by atoms with Crippen molar-refractivity contribution in [2.45, 2.75) is 13.8 Å². The molecule has 7 heteroatoms. The average molecular weight is 364 g/mol. The standard InChI is InChI=1S/C20H20N4O3/c1-13-4-9-19(27-3)18(10-13)23-20(26)15(11-21)12-24(14(2)25)17-7-5-16(22)6-8-17/h4-10,12H,22H2,1-3H3,(H,23,26)/b15-12-. The second-order valence-corrected chi connectivity index (χ2v) is 5.79. The van der Waals surface area contributed by atoms with Crippen LogP contribution in [0.25, 0.3) is 0 Å². The average Bonchev–Trinajstić information content (AvgIpc) is 2.63. The predicted octanol–water partition coefficient (Wildman–Crippen LogP) is 2.98. The lowest BCUT2D eigenvalue weighted by Gasteiger charge is -2.17. The number of amides is 2. The van der Waals surface area contributed by atoms with Crippen molar-refractivity contribution in [1.29, 1.82) is 5.26 Å². The molecule has 0 aliphatic rings. The third kappa shape index (κ3) is 4.86. The second kappa shape index (κ2) is 8.54. The number of hydrogen-bond donors (Lipinski definition) is 2. The molecular weight excluding hydrogens is 344 g/mol. The molecule has 0 unspecified atom stereocenters. The Balaban J connectivity index is 2.34. The van der Waals surface area contributed by atoms with Crippen LogP contribution in [0.4, 0.5) is 17.1 Å². The van der Waals surface area contributed by atoms with Crippen LogP contribution in [-0.2, 0) is 9.59 Å². The molecule has 0 aliphatic carbocycles. The SMILES string of the molecule is COc1ccc(C)cc1NC(=O)/C(C#N)=C\N(C(C)=O)c1ccc(N)cc1. The molecule has 27 heavy (non-hydrogen) atoms. The summed E-state index contributed by atoms with van der Waals surface area (Å²) in [6.07, 6.45) is 1.20. The summed E-state index contributed by atoms with van der Waals surface area (Å²) >= 11 is 0. The quantitative estimate of drug-likeness (QED) is 0.482. The first-order valence-corrected chi connectivity index (χ1v) is 8.09. The van der Waals surface area contributed by atoms with E-state index in [2.05, 4.69) is 5.32 Å². The van der Waals surface area contributed by atoms with Crippen LogP contribution in [0.3, 0.4) is 0 Å². The van der Waals surface area contributed by atoms with Crippen molar-refractivity contribution in [2.75, 3.05) is 23.1 Å². The van der Waals surface area contributed by atoms with Crippen LogP contribution in [0.1, 0.15) is 12.5 Å². The van der Waals surface area contributed by atoms with Crippen LogP contribution in [0, 0.1) is 18.3 Å². The molecule has 2 rings (SSSR count). The van der Waals surface area contributed by atoms with Gasteiger partial charge in [-0.3, -0.25) is 14.5 Å². The van der Waals surface area contributed by atoms with E-state index in [-0.39, 0.29) is 11.5 Å². The van der Waals surface area contributed by atoms with Gasteiger partial charge in [-0.05, 0) is 48.9 Å². The van der Waals surface area contributed by atoms with Crippen molar-refractivity contribution < 1.29 is 14.3 Å². The summed E-state index contributed by atoms with van der Waals surface area (Å²) in [6.45, 7) is 3.21. The number of nitrogens with two attached hydrogens (primary N) is 1. The van der Waals surface area contributed by atoms with Crippen molar-refractivity contribution in [2.24, 2.45) is 0 Å². The van der Waals surface area contributed by atoms with Crippen molar-refractivity contribution >= 4 is 28.9 Å². The minimum Gasteiger partial charge on any atom is -0.495 e. The van der Waals surface area contributed by atoms with Gasteiger partial charge in [-0.25, -0.2) is 0 Å². The van der Waals surface area contributed by atoms with Crippen molar-refractivity contribution in [3.05, 3.63) is 59.8 Å². The zero-order chi connectivity index (χ0) is 20.0. The maximum atomic E-state index is 12.6. The molecule has 0 atom stereocenters. The van der Waals surface area contributed by atoms with Gasteiger partial charge in [0, 0.05) is 24.5 Å². The van der Waals surface area contributed by atoms with Crippen LogP contribution in [0.15, 0.2) is 54.2 Å². The van der Waals surface area contributed by atoms with Crippen molar-refractivity contribution in [3.8, 4) is 11.8 Å². The number of benzene rings is 2. The molecule has 2 aromatic carbocycles. The van der Waals surface area contributed by atoms with E-state index in [1.165, 1.54) is 25.1 Å². The number of rotatable bonds is 5. The van der Waals surface area contributed by atoms with Crippen molar-refractivity contribution in [1.82, 2.24) is 0 Å². The van der Waals surface area contributed by atoms with Crippen LogP contribution in [-0.4, -0.2) is 18.9 Å². The van der Waals surface area contributed by atoms with Gasteiger partial charge in [0.05, 0.1) is 12.8 Å². The lowest BCUT2D eigenvalue weighted by Crippen LogP contribution is -2.25. The molecule has 0 spiro atoms. The minimum absolute atomic E-state index is 0.231. The zero-order valence-electron chi connectivity index (χ0n) is 15.3. The smallest absolute Gasteiger partial charge is 0.267 e. The molecule has 0 aromatic heterocycles. The summed E-state index contributed by atoms with van der Waals surface area (Å²) in [7, 11) is 1.49. The molecule has 0 fully saturated rings. The molecule has 0 saturated carbocycles. The summed E-state index contributed by atoms with van der Waals surface area (Å²) in [6, 6.07) is 13.6. The zero-order valence-corrected chi connectivity index (χ0v) is 15.3. The highest BCUT2D eigenvalue weighted by molar-refractivity contribution is 6.08. The predicted molar refractivity (Wildman–Crippen MR) is 104 cm³/mol. The molecule has 3 N–H and O–H groups in total. The molecule has 0 heterocycles. The summed E-state index contributed by atoms with van der Waals surface area (Å²) in [4.78, 5) is 25.8. The first kappa shape index (κ1) is 19.5. The first-order chi connectivity index (χ1) is 12.8. The Morgan fingerprint density at radius 1 is 1.22 bits per heavy atom. The number of ether oxygens (including phenoxy) is 1. The first-order valence-electron chi connectivity index (χ1n) is 8.09. The Morgan fingerprint density at radius 3 is 2.44 bits per heavy atom. The Kier molecular flexibility index (Phi) is 6.18. The highest BCUT2D eigenvalue weighted by Crippen LogP contribution is 2.26. The van der Waals surface area contributed by atoms with Crippen LogP contribution in [0.5, 0.6) is 5.75 Å². The maximum absolute atomic E-state index is 12.6. The molecular formula is C20H20N4O3. The van der Waals surface area contributed by atoms with Gasteiger partial charge in [0.25, 0.3) is 5.91 Å². The highest BCUT2D eigenvalue weighted by atomic mass is 16.5. The Morgan fingerprint density at radius 2 is 1.89 bits per heavy atom. The number of nitriles is 1. The Labute approximate surface area is 157 Å². The molecule has 7 nitrogen and oxygen atoms in total. The number of carbonyl (C=O) groups is 2. The molecule has 0 radical (unpaired) electrons. The number of carbonyl (C=O) groups excluding carboxylic acids is 2. The van der Waals surface area contributed by atoms with E-state index in [4.69, 9.17) is 10.5 Å². The lowest BCUT2D eigenvalue weighted by atomic mass is 10.2. The fraction of sp³-hybridized carbons (Fsp3) is 0.150. The number of nitrogens with zero attached hydrogens (tertiary/aromatic N) is 2. The number of aryl methyl sites for hydroxylation is 1. The third-order valence-electron chi connectivity index (χ3n) is 3.74. The summed E-state index contributed by atoms with van der Waals surface area (Å²) in [5, 5.41) is 12.1. The number of nitrogens with one attached hydrogen (secondary N) is 1. The minimum atomic E-state index is -0.650. The number of nitrogen functional groups attached to an aromatic ring is 1. The normalized spacial score (nSPS) is 10.7. The van der Waals surface area contributed by atoms with E-state index in [1.54, 1.807) is 36.4 Å². The van der Waals surface area contributed by atoms with Gasteiger partial charge < -0.3 is 15.8 Å². The van der Waals surface area contributed by atoms with E-state index in [0.29, 0.717) is 22.8 Å². The van der Waals surface area contributed by atoms with Gasteiger partial charge in [0.2, 0.25) is 5.91 Å². The van der Waals surface area contributed by atoms with Crippen LogP contribution >= 0.6 is 0 Å². The van der Waals surface area contributed by atoms with Gasteiger partial charge in [-0.15, -0.1) is 0 Å². The third-order valence-corrected chi connectivity index (χ3v) is 3.74. The van der Waals surface area contributed by atoms with Crippen molar-refractivity contribution in [3.63, 3.8) is 0 Å². The fourth-order valence-electron chi connectivity index (χ4n) is 2.36.